The van der Waals surface area contributed by atoms with Crippen molar-refractivity contribution < 1.29 is 129 Å². The molecule has 0 spiro atoms. The van der Waals surface area contributed by atoms with Gasteiger partial charge < -0.3 is 93.8 Å². The van der Waals surface area contributed by atoms with Crippen LogP contribution >= 0.6 is 11.6 Å². The van der Waals surface area contributed by atoms with E-state index in [0.717, 1.165) is 49.3 Å². The first-order valence-corrected chi connectivity index (χ1v) is 29.8. The maximum absolute atomic E-state index is 11.1. The molecule has 0 radical (unpaired) electrons. The molecule has 5 aromatic carbocycles. The number of rotatable bonds is 33. The van der Waals surface area contributed by atoms with Crippen molar-refractivity contribution in [3.8, 4) is 45.6 Å². The Kier molecular flexibility index (Phi) is 30.5. The largest absolute Gasteiger partial charge is 0.504 e. The number of carboxylic acids is 9. The van der Waals surface area contributed by atoms with E-state index in [4.69, 9.17) is 74.8 Å². The molecule has 7 rings (SSSR count). The number of phenols is 6. The monoisotopic (exact) mass is 1410 g/mol. The Labute approximate surface area is 567 Å². The Bertz CT molecular complexity index is 3470. The van der Waals surface area contributed by atoms with Crippen molar-refractivity contribution in [2.75, 3.05) is 79.0 Å². The van der Waals surface area contributed by atoms with Crippen molar-refractivity contribution in [2.24, 2.45) is 17.2 Å². The molecule has 1 aliphatic carbocycles. The highest BCUT2D eigenvalue weighted by Gasteiger charge is 2.36. The van der Waals surface area contributed by atoms with Crippen LogP contribution in [0.3, 0.4) is 0 Å². The Hall–Kier alpha value is -10.9. The van der Waals surface area contributed by atoms with Gasteiger partial charge in [-0.1, -0.05) is 66.2 Å². The van der Waals surface area contributed by atoms with Crippen LogP contribution in [0, 0.1) is 0 Å². The molecule has 0 saturated heterocycles. The maximum Gasteiger partial charge on any atom is 0.320 e. The molecule has 36 heteroatoms. The number of phenolic OH excluding ortho intramolecular Hbond substituents is 6. The number of hydrogen-bond acceptors (Lipinski definition) is 24. The summed E-state index contributed by atoms with van der Waals surface area (Å²) >= 11 is 5.66. The minimum Gasteiger partial charge on any atom is -0.504 e. The number of primary amides is 2. The van der Waals surface area contributed by atoms with E-state index >= 15 is 0 Å². The zero-order valence-electron chi connectivity index (χ0n) is 53.0. The number of fused-ring (bicyclic) bond motifs is 2. The van der Waals surface area contributed by atoms with E-state index in [-0.39, 0.29) is 85.6 Å². The molecule has 21 N–H and O–H groups in total. The number of carbonyl (C=O) groups is 11. The van der Waals surface area contributed by atoms with Gasteiger partial charge in [-0.2, -0.15) is 0 Å². The first kappa shape index (κ1) is 80.5. The average Bonchev–Trinajstić information content (AvgIpc) is 0.734. The van der Waals surface area contributed by atoms with Gasteiger partial charge in [0.2, 0.25) is 11.8 Å². The minimum atomic E-state index is -1.28. The lowest BCUT2D eigenvalue weighted by atomic mass is 9.76. The topological polar surface area (TPSA) is 589 Å². The number of carboxylic acid groups (broad SMARTS) is 9. The van der Waals surface area contributed by atoms with Crippen LogP contribution in [0.2, 0.25) is 5.02 Å². The van der Waals surface area contributed by atoms with Crippen molar-refractivity contribution in [2.45, 2.75) is 64.1 Å². The van der Waals surface area contributed by atoms with Gasteiger partial charge in [0.25, 0.3) is 0 Å². The van der Waals surface area contributed by atoms with Gasteiger partial charge in [-0.05, 0) is 72.3 Å². The SMILES string of the molecule is CN1CCc2cccc3c2[C@H]1Cc1cc(CN(CC(=O)O)CC(=O)O)c(O)c(O)c1-3.NC(=O)CN(CC(=O)O)Cc1ccc(CN(CC(N)=O)CC(=O)O)c(O)c1O.N[C@@H](Cc1ccc(Cl)cc1)C(=O)O.O=C(O)CN(CC(=O)O)Cc1ccc(CN(CC(=O)O)CC(=O)O)c(O)c1O. The molecule has 35 nitrogen and oxygen atoms in total. The predicted molar refractivity (Wildman–Crippen MR) is 344 cm³/mol. The van der Waals surface area contributed by atoms with Crippen LogP contribution in [0.25, 0.3) is 11.1 Å². The molecular formula is C63H76ClN9O26. The van der Waals surface area contributed by atoms with E-state index in [1.807, 2.05) is 12.1 Å². The summed E-state index contributed by atoms with van der Waals surface area (Å²) in [4.78, 5) is 128. The summed E-state index contributed by atoms with van der Waals surface area (Å²) in [6.07, 6.45) is 1.90. The third-order valence-corrected chi connectivity index (χ3v) is 15.1. The molecule has 536 valence electrons. The molecule has 5 aromatic rings. The van der Waals surface area contributed by atoms with Gasteiger partial charge in [0, 0.05) is 83.7 Å². The van der Waals surface area contributed by atoms with Crippen LogP contribution in [0.5, 0.6) is 34.5 Å². The first-order valence-electron chi connectivity index (χ1n) is 29.4. The van der Waals surface area contributed by atoms with Crippen molar-refractivity contribution in [1.82, 2.24) is 29.4 Å². The van der Waals surface area contributed by atoms with Crippen LogP contribution < -0.4 is 17.2 Å². The number of aliphatic carboxylic acids is 9. The van der Waals surface area contributed by atoms with Crippen molar-refractivity contribution in [3.05, 3.63) is 128 Å². The maximum atomic E-state index is 11.1. The molecule has 0 saturated carbocycles. The first-order chi connectivity index (χ1) is 46.3. The predicted octanol–water partition coefficient (Wildman–Crippen LogP) is -0.00270. The zero-order valence-corrected chi connectivity index (χ0v) is 53.8. The summed E-state index contributed by atoms with van der Waals surface area (Å²) in [6.45, 7) is -5.32. The van der Waals surface area contributed by atoms with E-state index in [1.165, 1.54) is 40.3 Å². The fourth-order valence-corrected chi connectivity index (χ4v) is 10.9. The molecule has 0 bridgehead atoms. The van der Waals surface area contributed by atoms with Crippen LogP contribution in [0.1, 0.15) is 56.1 Å². The zero-order chi connectivity index (χ0) is 74.3. The van der Waals surface area contributed by atoms with Crippen LogP contribution in [0.15, 0.2) is 72.8 Å². The third-order valence-electron chi connectivity index (χ3n) is 14.8. The molecule has 0 unspecified atom stereocenters. The molecule has 1 heterocycles. The summed E-state index contributed by atoms with van der Waals surface area (Å²) in [6, 6.07) is 19.4. The quantitative estimate of drug-likeness (QED) is 0.0246. The van der Waals surface area contributed by atoms with Crippen LogP contribution in [0.4, 0.5) is 0 Å². The number of hydrogen-bond donors (Lipinski definition) is 18. The second-order valence-corrected chi connectivity index (χ2v) is 23.3. The van der Waals surface area contributed by atoms with E-state index in [9.17, 15) is 83.4 Å². The second-order valence-electron chi connectivity index (χ2n) is 22.8. The molecule has 99 heavy (non-hydrogen) atoms. The van der Waals surface area contributed by atoms with Gasteiger partial charge in [0.15, 0.2) is 34.5 Å². The van der Waals surface area contributed by atoms with Crippen molar-refractivity contribution in [3.63, 3.8) is 0 Å². The number of likely N-dealkylation sites (N-methyl/N-ethyl adjacent to an activating group) is 1. The highest BCUT2D eigenvalue weighted by molar-refractivity contribution is 6.30. The smallest absolute Gasteiger partial charge is 0.320 e. The van der Waals surface area contributed by atoms with Crippen LogP contribution in [-0.2, 0) is 105 Å². The Morgan fingerprint density at radius 2 is 0.778 bits per heavy atom. The lowest BCUT2D eigenvalue weighted by Gasteiger charge is -2.40. The third kappa shape index (κ3) is 25.9. The lowest BCUT2D eigenvalue weighted by Crippen LogP contribution is -2.37. The number of aromatic hydroxyl groups is 6. The molecule has 1 aliphatic heterocycles. The van der Waals surface area contributed by atoms with E-state index in [0.29, 0.717) is 29.0 Å². The normalized spacial score (nSPS) is 13.1. The van der Waals surface area contributed by atoms with E-state index in [2.05, 4.69) is 18.0 Å². The van der Waals surface area contributed by atoms with Gasteiger partial charge in [-0.3, -0.25) is 82.1 Å². The fourth-order valence-electron chi connectivity index (χ4n) is 10.7. The van der Waals surface area contributed by atoms with Gasteiger partial charge in [-0.25, -0.2) is 0 Å². The molecule has 2 atom stereocenters. The molecule has 2 aliphatic rings. The molecule has 2 amide bonds. The van der Waals surface area contributed by atoms with E-state index < -0.39 is 147 Å². The van der Waals surface area contributed by atoms with Crippen LogP contribution in [-0.4, -0.2) is 257 Å². The Morgan fingerprint density at radius 3 is 1.10 bits per heavy atom. The summed E-state index contributed by atoms with van der Waals surface area (Å²) in [5, 5.41) is 143. The Morgan fingerprint density at radius 1 is 0.455 bits per heavy atom. The van der Waals surface area contributed by atoms with Gasteiger partial charge >= 0.3 is 53.7 Å². The number of carbonyl (C=O) groups excluding carboxylic acids is 2. The minimum absolute atomic E-state index is 0.0479. The number of nitrogens with two attached hydrogens (primary N) is 3. The molecule has 0 aromatic heterocycles. The summed E-state index contributed by atoms with van der Waals surface area (Å²) in [5.74, 6) is -15.4. The second kappa shape index (κ2) is 37.6. The molecular weight excluding hydrogens is 1330 g/mol. The van der Waals surface area contributed by atoms with Crippen molar-refractivity contribution in [1.29, 1.82) is 0 Å². The number of halogens is 1. The van der Waals surface area contributed by atoms with Gasteiger partial charge in [-0.15, -0.1) is 0 Å². The van der Waals surface area contributed by atoms with Crippen molar-refractivity contribution >= 4 is 77.1 Å². The highest BCUT2D eigenvalue weighted by atomic mass is 35.5. The molecule has 0 fully saturated rings. The number of nitrogens with zero attached hydrogens (tertiary/aromatic N) is 6. The Balaban J connectivity index is 0.000000289. The van der Waals surface area contributed by atoms with Gasteiger partial charge in [0.1, 0.15) is 6.04 Å². The summed E-state index contributed by atoms with van der Waals surface area (Å²) in [7, 11) is 2.07. The van der Waals surface area contributed by atoms with Gasteiger partial charge in [0.05, 0.1) is 65.4 Å². The average molecular weight is 1410 g/mol. The standard InChI is InChI=1S/C22H24N2O6.C16H22N4O8.C16H20N2O10.C9H10ClNO2/c1-23-6-5-12-3-2-4-15-19(12)16(23)8-13-7-14(21(29)22(30)20(13)15)9-24(10-17(25)26)11-18(27)28;17-11(21)5-19(7-13(23)24)3-9-1-2-10(16(28)15(9)27)4-20(6-12(18)22)8-14(25)26;19-11(20)5-17(6-12(21)22)3-9-1-2-10(16(28)15(9)27)4-18(7-13(23)24)8-14(25)26;10-7-3-1-6(2-4-7)5-8(11)9(12)13/h2-4,7,16,29-30H,5-6,8-11H2,1H3,(H,25,26)(H,27,28);1-2,27-28H,3-8H2,(H2,17,21)(H2,18,22)(H,23,24)(H,25,26);1-2,27-28H,3-8H2,(H,19,20)(H,21,22)(H,23,24)(H,25,26);1-4,8H,5,11H2,(H,12,13)/t16-;;;8-/m1..0/s1. The number of benzene rings is 5. The highest BCUT2D eigenvalue weighted by Crippen LogP contribution is 2.51. The fraction of sp³-hybridized carbons (Fsp3) is 0.349. The number of amides is 2. The summed E-state index contributed by atoms with van der Waals surface area (Å²) < 4.78 is 0. The van der Waals surface area contributed by atoms with E-state index in [1.54, 1.807) is 30.3 Å². The lowest BCUT2D eigenvalue weighted by molar-refractivity contribution is -0.144. The summed E-state index contributed by atoms with van der Waals surface area (Å²) in [5.41, 5.74) is 21.8.